The molecule has 0 unspecified atom stereocenters. The van der Waals surface area contributed by atoms with Crippen molar-refractivity contribution < 1.29 is 28.5 Å². The maximum atomic E-state index is 12.7. The van der Waals surface area contributed by atoms with E-state index in [-0.39, 0.29) is 24.5 Å². The SMILES string of the molecule is CCC(CC)C(=O)O/C(=C/C(C)=C\CCOC(C)=O)COc1ccc(CCC(C)C)c(OC)c1C. The summed E-state index contributed by atoms with van der Waals surface area (Å²) in [7, 11) is 1.68. The number of methoxy groups -OCH3 is 1. The summed E-state index contributed by atoms with van der Waals surface area (Å²) in [6.07, 6.45) is 7.77. The van der Waals surface area contributed by atoms with Crippen molar-refractivity contribution in [1.29, 1.82) is 0 Å². The molecule has 0 heterocycles. The van der Waals surface area contributed by atoms with Gasteiger partial charge in [-0.3, -0.25) is 9.59 Å². The first-order valence-corrected chi connectivity index (χ1v) is 12.6. The topological polar surface area (TPSA) is 71.1 Å². The number of ether oxygens (including phenoxy) is 4. The molecule has 0 saturated carbocycles. The van der Waals surface area contributed by atoms with E-state index >= 15 is 0 Å². The van der Waals surface area contributed by atoms with Crippen molar-refractivity contribution in [3.63, 3.8) is 0 Å². The third-order valence-electron chi connectivity index (χ3n) is 5.83. The van der Waals surface area contributed by atoms with Crippen LogP contribution in [-0.4, -0.2) is 32.3 Å². The van der Waals surface area contributed by atoms with Crippen molar-refractivity contribution in [2.75, 3.05) is 20.3 Å². The highest BCUT2D eigenvalue weighted by Gasteiger charge is 2.19. The lowest BCUT2D eigenvalue weighted by Crippen LogP contribution is -2.18. The third kappa shape index (κ3) is 11.0. The summed E-state index contributed by atoms with van der Waals surface area (Å²) in [6, 6.07) is 4.00. The van der Waals surface area contributed by atoms with E-state index < -0.39 is 0 Å². The lowest BCUT2D eigenvalue weighted by molar-refractivity contribution is -0.145. The molecule has 0 fully saturated rings. The summed E-state index contributed by atoms with van der Waals surface area (Å²) in [5, 5.41) is 0. The van der Waals surface area contributed by atoms with Crippen molar-refractivity contribution >= 4 is 11.9 Å². The molecule has 0 spiro atoms. The summed E-state index contributed by atoms with van der Waals surface area (Å²) in [4.78, 5) is 23.6. The average molecular weight is 489 g/mol. The van der Waals surface area contributed by atoms with Gasteiger partial charge in [0.2, 0.25) is 0 Å². The molecule has 0 aliphatic rings. The molecule has 0 bridgehead atoms. The van der Waals surface area contributed by atoms with Gasteiger partial charge in [0.05, 0.1) is 19.6 Å². The zero-order valence-electron chi connectivity index (χ0n) is 22.9. The van der Waals surface area contributed by atoms with Crippen molar-refractivity contribution in [1.82, 2.24) is 0 Å². The van der Waals surface area contributed by atoms with Crippen LogP contribution < -0.4 is 9.47 Å². The number of carbonyl (C=O) groups excluding carboxylic acids is 2. The molecule has 35 heavy (non-hydrogen) atoms. The molecule has 0 aliphatic heterocycles. The Morgan fingerprint density at radius 1 is 1.09 bits per heavy atom. The smallest absolute Gasteiger partial charge is 0.314 e. The van der Waals surface area contributed by atoms with E-state index in [2.05, 4.69) is 13.8 Å². The summed E-state index contributed by atoms with van der Waals surface area (Å²) in [5.74, 6) is 1.86. The highest BCUT2D eigenvalue weighted by molar-refractivity contribution is 5.73. The van der Waals surface area contributed by atoms with Crippen LogP contribution in [0.25, 0.3) is 0 Å². The molecule has 196 valence electrons. The lowest BCUT2D eigenvalue weighted by Gasteiger charge is -2.18. The Morgan fingerprint density at radius 3 is 2.34 bits per heavy atom. The Labute approximate surface area is 211 Å². The maximum Gasteiger partial charge on any atom is 0.314 e. The first-order chi connectivity index (χ1) is 16.6. The second-order valence-electron chi connectivity index (χ2n) is 9.22. The molecule has 0 amide bonds. The quantitative estimate of drug-likeness (QED) is 0.118. The van der Waals surface area contributed by atoms with Gasteiger partial charge in [-0.15, -0.1) is 0 Å². The van der Waals surface area contributed by atoms with E-state index in [9.17, 15) is 9.59 Å². The highest BCUT2D eigenvalue weighted by Crippen LogP contribution is 2.33. The van der Waals surface area contributed by atoms with Gasteiger partial charge in [0.1, 0.15) is 23.9 Å². The number of benzene rings is 1. The van der Waals surface area contributed by atoms with E-state index in [0.717, 1.165) is 48.1 Å². The van der Waals surface area contributed by atoms with Crippen molar-refractivity contribution in [3.05, 3.63) is 46.7 Å². The molecule has 0 saturated heterocycles. The van der Waals surface area contributed by atoms with Crippen molar-refractivity contribution in [2.24, 2.45) is 11.8 Å². The number of hydrogen-bond acceptors (Lipinski definition) is 6. The first kappa shape index (κ1) is 30.3. The van der Waals surface area contributed by atoms with Gasteiger partial charge in [-0.25, -0.2) is 0 Å². The minimum atomic E-state index is -0.305. The van der Waals surface area contributed by atoms with Crippen LogP contribution in [0.1, 0.15) is 78.4 Å². The van der Waals surface area contributed by atoms with Crippen LogP contribution in [0, 0.1) is 18.8 Å². The fourth-order valence-corrected chi connectivity index (χ4v) is 3.70. The fourth-order valence-electron chi connectivity index (χ4n) is 3.70. The normalized spacial score (nSPS) is 12.2. The number of aryl methyl sites for hydroxylation is 1. The minimum absolute atomic E-state index is 0.107. The summed E-state index contributed by atoms with van der Waals surface area (Å²) >= 11 is 0. The number of allylic oxidation sites excluding steroid dienone is 2. The zero-order chi connectivity index (χ0) is 26.4. The number of esters is 2. The van der Waals surface area contributed by atoms with Gasteiger partial charge in [-0.05, 0) is 63.2 Å². The van der Waals surface area contributed by atoms with Crippen LogP contribution >= 0.6 is 0 Å². The van der Waals surface area contributed by atoms with Crippen molar-refractivity contribution in [3.8, 4) is 11.5 Å². The summed E-state index contributed by atoms with van der Waals surface area (Å²) in [6.45, 7) is 14.1. The van der Waals surface area contributed by atoms with Gasteiger partial charge in [-0.1, -0.05) is 45.4 Å². The van der Waals surface area contributed by atoms with Gasteiger partial charge in [0, 0.05) is 18.9 Å². The van der Waals surface area contributed by atoms with Gasteiger partial charge >= 0.3 is 11.9 Å². The maximum absolute atomic E-state index is 12.7. The van der Waals surface area contributed by atoms with E-state index in [4.69, 9.17) is 18.9 Å². The fraction of sp³-hybridized carbons (Fsp3) is 0.586. The molecule has 0 N–H and O–H groups in total. The van der Waals surface area contributed by atoms with Gasteiger partial charge < -0.3 is 18.9 Å². The molecule has 6 nitrogen and oxygen atoms in total. The third-order valence-corrected chi connectivity index (χ3v) is 5.83. The Hall–Kier alpha value is -2.76. The molecule has 0 aliphatic carbocycles. The molecule has 6 heteroatoms. The Morgan fingerprint density at radius 2 is 1.77 bits per heavy atom. The molecule has 0 atom stereocenters. The molecular formula is C29H44O6. The second kappa shape index (κ2) is 16.0. The Kier molecular flexibility index (Phi) is 13.8. The van der Waals surface area contributed by atoms with Crippen LogP contribution in [-0.2, 0) is 25.5 Å². The Bertz CT molecular complexity index is 877. The van der Waals surface area contributed by atoms with Crippen LogP contribution in [0.4, 0.5) is 0 Å². The molecule has 1 rings (SSSR count). The number of rotatable bonds is 15. The molecular weight excluding hydrogens is 444 g/mol. The van der Waals surface area contributed by atoms with Gasteiger partial charge in [0.25, 0.3) is 0 Å². The predicted molar refractivity (Wildman–Crippen MR) is 140 cm³/mol. The monoisotopic (exact) mass is 488 g/mol. The molecule has 1 aromatic carbocycles. The molecule has 0 aromatic heterocycles. The minimum Gasteiger partial charge on any atom is -0.496 e. The van der Waals surface area contributed by atoms with Crippen LogP contribution in [0.3, 0.4) is 0 Å². The largest absolute Gasteiger partial charge is 0.496 e. The van der Waals surface area contributed by atoms with Gasteiger partial charge in [0.15, 0.2) is 0 Å². The van der Waals surface area contributed by atoms with E-state index in [1.165, 1.54) is 6.92 Å². The van der Waals surface area contributed by atoms with Gasteiger partial charge in [-0.2, -0.15) is 0 Å². The standard InChI is InChI=1S/C29H44O6/c1-9-24(10-2)29(31)35-26(18-21(5)12-11-17-33-23(7)30)19-34-27-16-15-25(14-13-20(3)4)28(32-8)22(27)6/h12,15-16,18,20,24H,9-11,13-14,17,19H2,1-8H3/b21-12-,26-18+. The first-order valence-electron chi connectivity index (χ1n) is 12.6. The summed E-state index contributed by atoms with van der Waals surface area (Å²) in [5.41, 5.74) is 2.98. The van der Waals surface area contributed by atoms with E-state index in [1.807, 2.05) is 45.9 Å². The van der Waals surface area contributed by atoms with Crippen LogP contribution in [0.5, 0.6) is 11.5 Å². The number of hydrogen-bond donors (Lipinski definition) is 0. The lowest BCUT2D eigenvalue weighted by atomic mass is 9.99. The average Bonchev–Trinajstić information content (AvgIpc) is 2.80. The second-order valence-corrected chi connectivity index (χ2v) is 9.22. The summed E-state index contributed by atoms with van der Waals surface area (Å²) < 4.78 is 22.5. The zero-order valence-corrected chi connectivity index (χ0v) is 22.9. The molecule has 0 radical (unpaired) electrons. The number of carbonyl (C=O) groups is 2. The van der Waals surface area contributed by atoms with Crippen LogP contribution in [0.2, 0.25) is 0 Å². The van der Waals surface area contributed by atoms with E-state index in [0.29, 0.717) is 30.5 Å². The molecule has 1 aromatic rings. The van der Waals surface area contributed by atoms with Crippen LogP contribution in [0.15, 0.2) is 35.6 Å². The highest BCUT2D eigenvalue weighted by atomic mass is 16.6. The Balaban J connectivity index is 3.07. The van der Waals surface area contributed by atoms with Crippen molar-refractivity contribution in [2.45, 2.75) is 80.6 Å². The predicted octanol–water partition coefficient (Wildman–Crippen LogP) is 6.73. The van der Waals surface area contributed by atoms with E-state index in [1.54, 1.807) is 13.2 Å².